The Hall–Kier alpha value is -1.70. The van der Waals surface area contributed by atoms with Crippen molar-refractivity contribution in [2.45, 2.75) is 84.0 Å². The first-order valence-electron chi connectivity index (χ1n) is 12.2. The number of aromatic nitrogens is 1. The summed E-state index contributed by atoms with van der Waals surface area (Å²) >= 11 is 1.82. The quantitative estimate of drug-likeness (QED) is 0.315. The van der Waals surface area contributed by atoms with Crippen molar-refractivity contribution in [3.05, 3.63) is 66.9 Å². The van der Waals surface area contributed by atoms with Crippen LogP contribution < -0.4 is 19.4 Å². The van der Waals surface area contributed by atoms with E-state index >= 15 is 0 Å². The Bertz CT molecular complexity index is 962. The molecule has 0 spiro atoms. The predicted molar refractivity (Wildman–Crippen MR) is 151 cm³/mol. The number of benzene rings is 2. The highest BCUT2D eigenvalue weighted by Crippen LogP contribution is 2.43. The van der Waals surface area contributed by atoms with Gasteiger partial charge in [0.25, 0.3) is 0 Å². The summed E-state index contributed by atoms with van der Waals surface area (Å²) in [4.78, 5) is 5.08. The van der Waals surface area contributed by atoms with Crippen molar-refractivity contribution >= 4 is 42.7 Å². The fourth-order valence-corrected chi connectivity index (χ4v) is 20.2. The molecule has 1 heterocycles. The lowest BCUT2D eigenvalue weighted by molar-refractivity contribution is 0.518. The van der Waals surface area contributed by atoms with E-state index in [0.717, 1.165) is 5.06 Å². The normalized spacial score (nSPS) is 13.2. The number of thiazole rings is 1. The van der Waals surface area contributed by atoms with E-state index in [9.17, 15) is 0 Å². The van der Waals surface area contributed by atoms with E-state index in [1.165, 1.54) is 15.0 Å². The molecule has 0 N–H and O–H groups in total. The highest BCUT2D eigenvalue weighted by Gasteiger charge is 2.53. The maximum atomic E-state index is 7.27. The second kappa shape index (κ2) is 9.89. The molecule has 1 aromatic heterocycles. The molecule has 33 heavy (non-hydrogen) atoms. The highest BCUT2D eigenvalue weighted by molar-refractivity contribution is 7.28. The molecule has 0 aliphatic rings. The first-order valence-corrected chi connectivity index (χ1v) is 17.2. The molecular weight excluding hydrogens is 455 g/mol. The average Bonchev–Trinajstić information content (AvgIpc) is 3.20. The molecule has 0 saturated heterocycles. The molecule has 0 amide bonds. The highest BCUT2D eigenvalue weighted by atomic mass is 32.1. The largest absolute Gasteiger partial charge is 0.526 e. The Labute approximate surface area is 207 Å². The first-order chi connectivity index (χ1) is 15.5. The lowest BCUT2D eigenvalue weighted by Gasteiger charge is -2.42. The van der Waals surface area contributed by atoms with Crippen LogP contribution in [-0.2, 0) is 0 Å². The standard InChI is InChI=1S/C28H41NOSSi2/c1-21(2)32(22(3)4,23(5)6)27-29-20-26(31-27)30-33(28(7,8)9,24-16-12-10-13-17-24)25-18-14-11-15-19-25/h10-23H,1-9H3. The SMILES string of the molecule is CC(C)[Si](c1ncc(O[Si](c2ccccc2)(c2ccccc2)C(C)(C)C)s1)(C(C)C)C(C)C. The molecule has 0 saturated carbocycles. The van der Waals surface area contributed by atoms with Crippen LogP contribution in [0.1, 0.15) is 62.3 Å². The Kier molecular flexibility index (Phi) is 7.76. The smallest absolute Gasteiger partial charge is 0.321 e. The lowest BCUT2D eigenvalue weighted by Crippen LogP contribution is -2.68. The summed E-state index contributed by atoms with van der Waals surface area (Å²) in [6.45, 7) is 21.4. The van der Waals surface area contributed by atoms with Gasteiger partial charge in [-0.05, 0) is 32.0 Å². The van der Waals surface area contributed by atoms with Crippen LogP contribution in [0.15, 0.2) is 66.9 Å². The minimum atomic E-state index is -2.63. The van der Waals surface area contributed by atoms with Crippen LogP contribution in [0.3, 0.4) is 0 Å². The molecule has 0 radical (unpaired) electrons. The van der Waals surface area contributed by atoms with E-state index in [1.807, 2.05) is 17.5 Å². The van der Waals surface area contributed by atoms with Gasteiger partial charge in [-0.15, -0.1) is 0 Å². The fourth-order valence-electron chi connectivity index (χ4n) is 6.05. The summed E-state index contributed by atoms with van der Waals surface area (Å²) in [6, 6.07) is 21.8. The molecule has 2 nitrogen and oxygen atoms in total. The summed E-state index contributed by atoms with van der Waals surface area (Å²) in [5.41, 5.74) is 1.89. The van der Waals surface area contributed by atoms with E-state index in [-0.39, 0.29) is 5.04 Å². The van der Waals surface area contributed by atoms with Gasteiger partial charge in [0.15, 0.2) is 5.06 Å². The second-order valence-electron chi connectivity index (χ2n) is 11.1. The van der Waals surface area contributed by atoms with Crippen molar-refractivity contribution in [2.75, 3.05) is 0 Å². The van der Waals surface area contributed by atoms with Gasteiger partial charge in [0.2, 0.25) is 0 Å². The minimum absolute atomic E-state index is 0.0531. The van der Waals surface area contributed by atoms with Gasteiger partial charge in [-0.2, -0.15) is 0 Å². The summed E-state index contributed by atoms with van der Waals surface area (Å²) in [6.07, 6.45) is 2.02. The van der Waals surface area contributed by atoms with Gasteiger partial charge in [0.05, 0.1) is 10.8 Å². The molecule has 2 aromatic carbocycles. The third-order valence-electron chi connectivity index (χ3n) is 7.39. The zero-order valence-electron chi connectivity index (χ0n) is 21.8. The molecule has 0 bridgehead atoms. The van der Waals surface area contributed by atoms with E-state index in [4.69, 9.17) is 9.41 Å². The van der Waals surface area contributed by atoms with Crippen molar-refractivity contribution in [2.24, 2.45) is 0 Å². The van der Waals surface area contributed by atoms with E-state index in [0.29, 0.717) is 16.6 Å². The molecule has 5 heteroatoms. The third-order valence-corrected chi connectivity index (χ3v) is 21.1. The average molecular weight is 496 g/mol. The molecule has 0 atom stereocenters. The van der Waals surface area contributed by atoms with E-state index < -0.39 is 16.4 Å². The van der Waals surface area contributed by atoms with Gasteiger partial charge in [-0.25, -0.2) is 0 Å². The van der Waals surface area contributed by atoms with Crippen molar-refractivity contribution in [1.82, 2.24) is 4.98 Å². The maximum absolute atomic E-state index is 7.27. The Morgan fingerprint density at radius 3 is 1.52 bits per heavy atom. The van der Waals surface area contributed by atoms with Crippen molar-refractivity contribution in [3.63, 3.8) is 0 Å². The van der Waals surface area contributed by atoms with Crippen LogP contribution in [0.25, 0.3) is 0 Å². The fraction of sp³-hybridized carbons (Fsp3) is 0.464. The van der Waals surface area contributed by atoms with Gasteiger partial charge in [0.1, 0.15) is 8.07 Å². The van der Waals surface area contributed by atoms with E-state index in [1.54, 1.807) is 0 Å². The number of hydrogen-bond acceptors (Lipinski definition) is 3. The molecule has 0 unspecified atom stereocenters. The predicted octanol–water partition coefficient (Wildman–Crippen LogP) is 6.97. The molecular formula is C28H41NOSSi2. The van der Waals surface area contributed by atoms with Gasteiger partial charge in [0, 0.05) is 0 Å². The first kappa shape index (κ1) is 25.9. The summed E-state index contributed by atoms with van der Waals surface area (Å²) in [5.74, 6) is 0. The van der Waals surface area contributed by atoms with Crippen LogP contribution in [0.5, 0.6) is 5.06 Å². The minimum Gasteiger partial charge on any atom is -0.526 e. The zero-order valence-corrected chi connectivity index (χ0v) is 24.7. The van der Waals surface area contributed by atoms with Crippen LogP contribution in [0.4, 0.5) is 0 Å². The van der Waals surface area contributed by atoms with Crippen molar-refractivity contribution < 1.29 is 4.43 Å². The number of hydrogen-bond donors (Lipinski definition) is 0. The topological polar surface area (TPSA) is 22.1 Å². The van der Waals surface area contributed by atoms with Gasteiger partial charge >= 0.3 is 8.32 Å². The van der Waals surface area contributed by atoms with Crippen LogP contribution in [-0.4, -0.2) is 21.4 Å². The molecule has 3 aromatic rings. The monoisotopic (exact) mass is 495 g/mol. The van der Waals surface area contributed by atoms with E-state index in [2.05, 4.69) is 123 Å². The zero-order chi connectivity index (χ0) is 24.4. The van der Waals surface area contributed by atoms with Crippen LogP contribution in [0, 0.1) is 0 Å². The Balaban J connectivity index is 2.20. The maximum Gasteiger partial charge on any atom is 0.321 e. The molecule has 178 valence electrons. The molecule has 0 fully saturated rings. The van der Waals surface area contributed by atoms with Crippen LogP contribution in [0.2, 0.25) is 21.7 Å². The lowest BCUT2D eigenvalue weighted by atomic mass is 10.2. The molecule has 3 rings (SSSR count). The van der Waals surface area contributed by atoms with Gasteiger partial charge in [-0.3, -0.25) is 4.98 Å². The van der Waals surface area contributed by atoms with Gasteiger partial charge < -0.3 is 4.43 Å². The van der Waals surface area contributed by atoms with Crippen molar-refractivity contribution in [3.8, 4) is 5.06 Å². The summed E-state index contributed by atoms with van der Waals surface area (Å²) in [7, 11) is -4.45. The summed E-state index contributed by atoms with van der Waals surface area (Å²) < 4.78 is 8.61. The Morgan fingerprint density at radius 1 is 0.727 bits per heavy atom. The molecule has 0 aliphatic carbocycles. The Morgan fingerprint density at radius 2 is 1.15 bits per heavy atom. The molecule has 0 aliphatic heterocycles. The van der Waals surface area contributed by atoms with Gasteiger partial charge in [-0.1, -0.05) is 134 Å². The second-order valence-corrected chi connectivity index (χ2v) is 22.5. The number of nitrogens with zero attached hydrogens (tertiary/aromatic N) is 1. The number of rotatable bonds is 8. The third kappa shape index (κ3) is 4.52. The van der Waals surface area contributed by atoms with Crippen LogP contribution >= 0.6 is 11.3 Å². The summed E-state index contributed by atoms with van der Waals surface area (Å²) in [5, 5.41) is 3.53. The van der Waals surface area contributed by atoms with Crippen molar-refractivity contribution in [1.29, 1.82) is 0 Å².